The summed E-state index contributed by atoms with van der Waals surface area (Å²) < 4.78 is 5.31. The fraction of sp³-hybridized carbons (Fsp3) is 0.941. The summed E-state index contributed by atoms with van der Waals surface area (Å²) in [5.74, 6) is 0.0702. The molecular weight excluding hydrogens is 280 g/mol. The molecule has 5 nitrogen and oxygen atoms in total. The molecule has 1 aliphatic heterocycles. The molecule has 0 aromatic heterocycles. The highest BCUT2D eigenvalue weighted by Crippen LogP contribution is 2.08. The fourth-order valence-corrected chi connectivity index (χ4v) is 2.79. The lowest BCUT2D eigenvalue weighted by atomic mass is 10.1. The Hall–Kier alpha value is -0.650. The number of morpholine rings is 1. The maximum atomic E-state index is 11.9. The minimum atomic E-state index is -0.157. The van der Waals surface area contributed by atoms with Gasteiger partial charge >= 0.3 is 0 Å². The van der Waals surface area contributed by atoms with Crippen molar-refractivity contribution in [1.82, 2.24) is 10.2 Å². The molecule has 1 unspecified atom stereocenters. The van der Waals surface area contributed by atoms with Crippen LogP contribution in [-0.4, -0.2) is 61.4 Å². The quantitative estimate of drug-likeness (QED) is 0.540. The van der Waals surface area contributed by atoms with Gasteiger partial charge in [0.25, 0.3) is 0 Å². The molecule has 0 spiro atoms. The molecule has 0 radical (unpaired) electrons. The summed E-state index contributed by atoms with van der Waals surface area (Å²) in [5.41, 5.74) is 0. The monoisotopic (exact) mass is 314 g/mol. The molecule has 1 atom stereocenters. The number of aliphatic hydroxyl groups is 1. The zero-order chi connectivity index (χ0) is 16.0. The number of aliphatic hydroxyl groups excluding tert-OH is 1. The second-order valence-electron chi connectivity index (χ2n) is 6.23. The van der Waals surface area contributed by atoms with Gasteiger partial charge in [-0.3, -0.25) is 9.69 Å². The molecule has 0 aromatic carbocycles. The van der Waals surface area contributed by atoms with E-state index in [-0.39, 0.29) is 18.6 Å². The van der Waals surface area contributed by atoms with Crippen LogP contribution >= 0.6 is 0 Å². The number of carbonyl (C=O) groups excluding carboxylic acids is 1. The Labute approximate surface area is 135 Å². The highest BCUT2D eigenvalue weighted by Gasteiger charge is 2.17. The van der Waals surface area contributed by atoms with E-state index in [1.807, 2.05) is 0 Å². The van der Waals surface area contributed by atoms with E-state index in [1.54, 1.807) is 0 Å². The molecule has 5 heteroatoms. The standard InChI is InChI=1S/C17H34N2O3/c1-2-3-4-5-6-7-8-9-17(21)18-16(15-20)14-19-10-12-22-13-11-19/h16,20H,2-15H2,1H3,(H,18,21). The topological polar surface area (TPSA) is 61.8 Å². The Balaban J connectivity index is 2.05. The van der Waals surface area contributed by atoms with Crippen molar-refractivity contribution in [2.75, 3.05) is 39.5 Å². The van der Waals surface area contributed by atoms with E-state index in [9.17, 15) is 9.90 Å². The second kappa shape index (κ2) is 12.9. The highest BCUT2D eigenvalue weighted by atomic mass is 16.5. The van der Waals surface area contributed by atoms with E-state index in [1.165, 1.54) is 32.1 Å². The molecule has 130 valence electrons. The Bertz CT molecular complexity index is 281. The smallest absolute Gasteiger partial charge is 0.220 e. The van der Waals surface area contributed by atoms with Crippen LogP contribution in [-0.2, 0) is 9.53 Å². The Kier molecular flexibility index (Phi) is 11.3. The van der Waals surface area contributed by atoms with E-state index >= 15 is 0 Å². The van der Waals surface area contributed by atoms with Crippen molar-refractivity contribution in [3.63, 3.8) is 0 Å². The van der Waals surface area contributed by atoms with Crippen LogP contribution in [0.5, 0.6) is 0 Å². The third-order valence-corrected chi connectivity index (χ3v) is 4.18. The number of rotatable bonds is 12. The number of nitrogens with zero attached hydrogens (tertiary/aromatic N) is 1. The first-order chi connectivity index (χ1) is 10.8. The third kappa shape index (κ3) is 9.38. The number of hydrogen-bond acceptors (Lipinski definition) is 4. The number of carbonyl (C=O) groups is 1. The highest BCUT2D eigenvalue weighted by molar-refractivity contribution is 5.76. The summed E-state index contributed by atoms with van der Waals surface area (Å²) in [6, 6.07) is -0.157. The van der Waals surface area contributed by atoms with Gasteiger partial charge in [0.1, 0.15) is 0 Å². The maximum absolute atomic E-state index is 11.9. The van der Waals surface area contributed by atoms with Crippen molar-refractivity contribution < 1.29 is 14.6 Å². The Morgan fingerprint density at radius 3 is 2.41 bits per heavy atom. The van der Waals surface area contributed by atoms with Gasteiger partial charge in [0.15, 0.2) is 0 Å². The van der Waals surface area contributed by atoms with Crippen LogP contribution in [0, 0.1) is 0 Å². The second-order valence-corrected chi connectivity index (χ2v) is 6.23. The third-order valence-electron chi connectivity index (χ3n) is 4.18. The molecule has 0 aliphatic carbocycles. The summed E-state index contributed by atoms with van der Waals surface area (Å²) in [6.45, 7) is 6.17. The first-order valence-corrected chi connectivity index (χ1v) is 8.96. The lowest BCUT2D eigenvalue weighted by molar-refractivity contribution is -0.122. The molecule has 1 heterocycles. The fourth-order valence-electron chi connectivity index (χ4n) is 2.79. The van der Waals surface area contributed by atoms with Gasteiger partial charge in [-0.15, -0.1) is 0 Å². The van der Waals surface area contributed by atoms with Crippen LogP contribution in [0.4, 0.5) is 0 Å². The van der Waals surface area contributed by atoms with Crippen LogP contribution in [0.2, 0.25) is 0 Å². The Morgan fingerprint density at radius 2 is 1.77 bits per heavy atom. The molecule has 1 aliphatic rings. The summed E-state index contributed by atoms with van der Waals surface area (Å²) in [7, 11) is 0. The van der Waals surface area contributed by atoms with Crippen molar-refractivity contribution >= 4 is 5.91 Å². The molecular formula is C17H34N2O3. The van der Waals surface area contributed by atoms with Gasteiger partial charge in [-0.2, -0.15) is 0 Å². The summed E-state index contributed by atoms with van der Waals surface area (Å²) in [5, 5.41) is 12.4. The van der Waals surface area contributed by atoms with Crippen LogP contribution < -0.4 is 5.32 Å². The van der Waals surface area contributed by atoms with Crippen molar-refractivity contribution in [3.05, 3.63) is 0 Å². The average Bonchev–Trinajstić information content (AvgIpc) is 2.54. The normalized spacial score (nSPS) is 17.4. The molecule has 0 saturated carbocycles. The summed E-state index contributed by atoms with van der Waals surface area (Å²) in [4.78, 5) is 14.2. The summed E-state index contributed by atoms with van der Waals surface area (Å²) in [6.07, 6.45) is 9.07. The molecule has 0 aromatic rings. The number of amides is 1. The molecule has 1 amide bonds. The van der Waals surface area contributed by atoms with E-state index in [0.29, 0.717) is 13.0 Å². The van der Waals surface area contributed by atoms with Crippen molar-refractivity contribution in [2.24, 2.45) is 0 Å². The molecule has 2 N–H and O–H groups in total. The average molecular weight is 314 g/mol. The zero-order valence-electron chi connectivity index (χ0n) is 14.2. The molecule has 1 saturated heterocycles. The van der Waals surface area contributed by atoms with E-state index in [4.69, 9.17) is 4.74 Å². The number of unbranched alkanes of at least 4 members (excludes halogenated alkanes) is 6. The van der Waals surface area contributed by atoms with Gasteiger partial charge < -0.3 is 15.2 Å². The minimum absolute atomic E-state index is 0.000114. The van der Waals surface area contributed by atoms with Crippen LogP contribution in [0.1, 0.15) is 58.3 Å². The van der Waals surface area contributed by atoms with Crippen molar-refractivity contribution in [3.8, 4) is 0 Å². The first kappa shape index (κ1) is 19.4. The van der Waals surface area contributed by atoms with Gasteiger partial charge in [-0.1, -0.05) is 45.4 Å². The molecule has 1 fully saturated rings. The van der Waals surface area contributed by atoms with Gasteiger partial charge in [0.05, 0.1) is 25.9 Å². The van der Waals surface area contributed by atoms with Crippen LogP contribution in [0.15, 0.2) is 0 Å². The SMILES string of the molecule is CCCCCCCCCC(=O)NC(CO)CN1CCOCC1. The number of hydrogen-bond donors (Lipinski definition) is 2. The number of nitrogens with one attached hydrogen (secondary N) is 1. The molecule has 0 bridgehead atoms. The van der Waals surface area contributed by atoms with E-state index < -0.39 is 0 Å². The summed E-state index contributed by atoms with van der Waals surface area (Å²) >= 11 is 0. The molecule has 22 heavy (non-hydrogen) atoms. The van der Waals surface area contributed by atoms with Gasteiger partial charge in [0.2, 0.25) is 5.91 Å². The zero-order valence-corrected chi connectivity index (χ0v) is 14.2. The maximum Gasteiger partial charge on any atom is 0.220 e. The van der Waals surface area contributed by atoms with Gasteiger partial charge in [-0.05, 0) is 6.42 Å². The van der Waals surface area contributed by atoms with Gasteiger partial charge in [0, 0.05) is 26.1 Å². The predicted octanol–water partition coefficient (Wildman–Crippen LogP) is 1.94. The van der Waals surface area contributed by atoms with Crippen LogP contribution in [0.3, 0.4) is 0 Å². The van der Waals surface area contributed by atoms with Crippen molar-refractivity contribution in [1.29, 1.82) is 0 Å². The molecule has 1 rings (SSSR count). The van der Waals surface area contributed by atoms with Crippen LogP contribution in [0.25, 0.3) is 0 Å². The lowest BCUT2D eigenvalue weighted by Crippen LogP contribution is -2.48. The van der Waals surface area contributed by atoms with E-state index in [0.717, 1.165) is 39.1 Å². The number of ether oxygens (including phenoxy) is 1. The predicted molar refractivity (Wildman–Crippen MR) is 88.9 cm³/mol. The lowest BCUT2D eigenvalue weighted by Gasteiger charge is -2.30. The first-order valence-electron chi connectivity index (χ1n) is 8.96. The van der Waals surface area contributed by atoms with Crippen molar-refractivity contribution in [2.45, 2.75) is 64.3 Å². The van der Waals surface area contributed by atoms with Gasteiger partial charge in [-0.25, -0.2) is 0 Å². The largest absolute Gasteiger partial charge is 0.394 e. The minimum Gasteiger partial charge on any atom is -0.394 e. The van der Waals surface area contributed by atoms with E-state index in [2.05, 4.69) is 17.1 Å². The Morgan fingerprint density at radius 1 is 1.14 bits per heavy atom.